The number of carbonyl (C=O) groups excluding carboxylic acids is 1. The molecule has 0 N–H and O–H groups in total. The lowest BCUT2D eigenvalue weighted by molar-refractivity contribution is -0.190. The number of ether oxygens (including phenoxy) is 3. The van der Waals surface area contributed by atoms with Crippen LogP contribution >= 0.6 is 0 Å². The minimum absolute atomic E-state index is 0.0982. The maximum absolute atomic E-state index is 11.3. The number of β-lactam (4-membered cyclic amide) rings is 1. The molecule has 13 heavy (non-hydrogen) atoms. The van der Waals surface area contributed by atoms with E-state index in [2.05, 4.69) is 11.7 Å². The van der Waals surface area contributed by atoms with Gasteiger partial charge >= 0.3 is 0 Å². The van der Waals surface area contributed by atoms with Gasteiger partial charge in [-0.05, 0) is 6.92 Å². The smallest absolute Gasteiger partial charge is 0.256 e. The zero-order valence-electron chi connectivity index (χ0n) is 7.86. The van der Waals surface area contributed by atoms with Gasteiger partial charge in [-0.25, -0.2) is 0 Å². The monoisotopic (exact) mass is 188 g/mol. The van der Waals surface area contributed by atoms with Gasteiger partial charge in [0.05, 0.1) is 6.04 Å². The van der Waals surface area contributed by atoms with Crippen molar-refractivity contribution in [1.29, 1.82) is 0 Å². The molecule has 1 saturated heterocycles. The molecule has 0 bridgehead atoms. The number of rotatable bonds is 5. The Balaban J connectivity index is 2.33. The molecule has 1 fully saturated rings. The highest BCUT2D eigenvalue weighted by Gasteiger charge is 2.45. The SMILES string of the molecule is [CH2][C@@H]1[C@@H](OCOC)C(=O)N1COC. The number of carbonyl (C=O) groups is 1. The van der Waals surface area contributed by atoms with Crippen LogP contribution < -0.4 is 0 Å². The lowest BCUT2D eigenvalue weighted by atomic mass is 10.0. The third-order valence-corrected chi connectivity index (χ3v) is 1.91. The van der Waals surface area contributed by atoms with E-state index in [9.17, 15) is 4.79 Å². The molecule has 0 unspecified atom stereocenters. The lowest BCUT2D eigenvalue weighted by Gasteiger charge is -2.43. The van der Waals surface area contributed by atoms with Crippen molar-refractivity contribution in [3.8, 4) is 0 Å². The van der Waals surface area contributed by atoms with E-state index >= 15 is 0 Å². The fraction of sp³-hybridized carbons (Fsp3) is 0.750. The van der Waals surface area contributed by atoms with Crippen molar-refractivity contribution in [3.63, 3.8) is 0 Å². The Labute approximate surface area is 77.6 Å². The minimum atomic E-state index is -0.477. The number of hydrogen-bond donors (Lipinski definition) is 0. The average molecular weight is 188 g/mol. The van der Waals surface area contributed by atoms with Gasteiger partial charge in [-0.15, -0.1) is 0 Å². The first kappa shape index (κ1) is 10.4. The van der Waals surface area contributed by atoms with Gasteiger partial charge in [0.1, 0.15) is 13.5 Å². The molecule has 0 spiro atoms. The number of likely N-dealkylation sites (tertiary alicyclic amines) is 1. The molecule has 1 aliphatic rings. The molecule has 1 heterocycles. The van der Waals surface area contributed by atoms with E-state index in [0.29, 0.717) is 0 Å². The summed E-state index contributed by atoms with van der Waals surface area (Å²) < 4.78 is 14.6. The molecule has 5 heteroatoms. The van der Waals surface area contributed by atoms with Gasteiger partial charge in [-0.2, -0.15) is 0 Å². The van der Waals surface area contributed by atoms with Gasteiger partial charge in [-0.1, -0.05) is 0 Å². The van der Waals surface area contributed by atoms with Gasteiger partial charge in [0, 0.05) is 14.2 Å². The highest BCUT2D eigenvalue weighted by molar-refractivity contribution is 5.88. The maximum Gasteiger partial charge on any atom is 0.256 e. The summed E-state index contributed by atoms with van der Waals surface area (Å²) in [6, 6.07) is -0.178. The third kappa shape index (κ3) is 1.99. The van der Waals surface area contributed by atoms with Crippen LogP contribution in [0.25, 0.3) is 0 Å². The van der Waals surface area contributed by atoms with E-state index in [4.69, 9.17) is 9.47 Å². The zero-order valence-corrected chi connectivity index (χ0v) is 7.86. The summed E-state index contributed by atoms with van der Waals surface area (Å²) in [4.78, 5) is 12.8. The highest BCUT2D eigenvalue weighted by atomic mass is 16.7. The molecule has 0 aromatic heterocycles. The number of hydrogen-bond acceptors (Lipinski definition) is 4. The first-order valence-corrected chi connectivity index (χ1v) is 3.95. The van der Waals surface area contributed by atoms with Crippen molar-refractivity contribution >= 4 is 5.91 Å². The quantitative estimate of drug-likeness (QED) is 0.436. The van der Waals surface area contributed by atoms with Crippen LogP contribution in [0.5, 0.6) is 0 Å². The van der Waals surface area contributed by atoms with Crippen LogP contribution in [-0.4, -0.2) is 50.7 Å². The van der Waals surface area contributed by atoms with Gasteiger partial charge in [0.15, 0.2) is 6.10 Å². The summed E-state index contributed by atoms with van der Waals surface area (Å²) in [5.74, 6) is -0.0982. The summed E-state index contributed by atoms with van der Waals surface area (Å²) in [7, 11) is 3.04. The van der Waals surface area contributed by atoms with Crippen molar-refractivity contribution < 1.29 is 19.0 Å². The largest absolute Gasteiger partial charge is 0.364 e. The summed E-state index contributed by atoms with van der Waals surface area (Å²) in [5.41, 5.74) is 0. The number of amides is 1. The normalized spacial score (nSPS) is 27.6. The van der Waals surface area contributed by atoms with E-state index in [1.807, 2.05) is 0 Å². The van der Waals surface area contributed by atoms with Crippen molar-refractivity contribution in [3.05, 3.63) is 6.92 Å². The van der Waals surface area contributed by atoms with E-state index < -0.39 is 6.10 Å². The Hall–Kier alpha value is -0.650. The second-order valence-electron chi connectivity index (χ2n) is 2.79. The second-order valence-corrected chi connectivity index (χ2v) is 2.79. The van der Waals surface area contributed by atoms with Crippen LogP contribution in [0.4, 0.5) is 0 Å². The van der Waals surface area contributed by atoms with E-state index in [1.54, 1.807) is 0 Å². The molecule has 1 rings (SSSR count). The molecular weight excluding hydrogens is 174 g/mol. The van der Waals surface area contributed by atoms with Crippen LogP contribution in [0.15, 0.2) is 0 Å². The summed E-state index contributed by atoms with van der Waals surface area (Å²) >= 11 is 0. The first-order valence-electron chi connectivity index (χ1n) is 3.95. The summed E-state index contributed by atoms with van der Waals surface area (Å²) in [6.07, 6.45) is -0.477. The van der Waals surface area contributed by atoms with Crippen molar-refractivity contribution in [1.82, 2.24) is 4.90 Å². The number of nitrogens with zero attached hydrogens (tertiary/aromatic N) is 1. The summed E-state index contributed by atoms with van der Waals surface area (Å²) in [6.45, 7) is 4.15. The molecule has 1 aliphatic heterocycles. The van der Waals surface area contributed by atoms with Crippen LogP contribution in [0, 0.1) is 6.92 Å². The molecule has 0 aromatic carbocycles. The number of methoxy groups -OCH3 is 2. The molecule has 1 amide bonds. The standard InChI is InChI=1S/C8H14NO4/c1-6-7(13-5-12-3)8(10)9(6)4-11-2/h6-7H,1,4-5H2,2-3H3/t6-,7-/m1/s1. The van der Waals surface area contributed by atoms with Crippen LogP contribution in [0.2, 0.25) is 0 Å². The molecule has 0 aliphatic carbocycles. The Morgan fingerprint density at radius 1 is 1.46 bits per heavy atom. The molecule has 75 valence electrons. The topological polar surface area (TPSA) is 48.0 Å². The van der Waals surface area contributed by atoms with Crippen LogP contribution in [0.1, 0.15) is 0 Å². The molecule has 1 radical (unpaired) electrons. The Morgan fingerprint density at radius 3 is 2.62 bits per heavy atom. The van der Waals surface area contributed by atoms with Gasteiger partial charge in [0.25, 0.3) is 5.91 Å². The van der Waals surface area contributed by atoms with Gasteiger partial charge < -0.3 is 19.1 Å². The molecule has 0 aromatic rings. The third-order valence-electron chi connectivity index (χ3n) is 1.91. The molecule has 0 saturated carbocycles. The lowest BCUT2D eigenvalue weighted by Crippen LogP contribution is -2.64. The fourth-order valence-electron chi connectivity index (χ4n) is 1.19. The maximum atomic E-state index is 11.3. The highest BCUT2D eigenvalue weighted by Crippen LogP contribution is 2.21. The van der Waals surface area contributed by atoms with E-state index in [0.717, 1.165) is 0 Å². The average Bonchev–Trinajstić information content (AvgIpc) is 2.15. The predicted molar refractivity (Wildman–Crippen MR) is 44.6 cm³/mol. The minimum Gasteiger partial charge on any atom is -0.364 e. The van der Waals surface area contributed by atoms with E-state index in [1.165, 1.54) is 19.1 Å². The zero-order chi connectivity index (χ0) is 9.84. The van der Waals surface area contributed by atoms with Crippen molar-refractivity contribution in [2.24, 2.45) is 0 Å². The Bertz CT molecular complexity index is 185. The Morgan fingerprint density at radius 2 is 2.15 bits per heavy atom. The molecular formula is C8H14NO4. The van der Waals surface area contributed by atoms with Crippen LogP contribution in [0.3, 0.4) is 0 Å². The summed E-state index contributed by atoms with van der Waals surface area (Å²) in [5, 5.41) is 0. The molecule has 5 nitrogen and oxygen atoms in total. The predicted octanol–water partition coefficient (Wildman–Crippen LogP) is -0.376. The van der Waals surface area contributed by atoms with Gasteiger partial charge in [0.2, 0.25) is 0 Å². The molecule has 2 atom stereocenters. The van der Waals surface area contributed by atoms with E-state index in [-0.39, 0.29) is 25.5 Å². The first-order chi connectivity index (χ1) is 6.22. The van der Waals surface area contributed by atoms with Gasteiger partial charge in [-0.3, -0.25) is 4.79 Å². The van der Waals surface area contributed by atoms with Crippen molar-refractivity contribution in [2.45, 2.75) is 12.1 Å². The van der Waals surface area contributed by atoms with Crippen molar-refractivity contribution in [2.75, 3.05) is 27.7 Å². The Kier molecular flexibility index (Phi) is 3.65. The van der Waals surface area contributed by atoms with Crippen LogP contribution in [-0.2, 0) is 19.0 Å². The second kappa shape index (κ2) is 4.55. The fourth-order valence-corrected chi connectivity index (χ4v) is 1.19.